The van der Waals surface area contributed by atoms with Crippen LogP contribution < -0.4 is 9.86 Å². The van der Waals surface area contributed by atoms with Gasteiger partial charge in [-0.2, -0.15) is 0 Å². The van der Waals surface area contributed by atoms with Gasteiger partial charge in [-0.25, -0.2) is 26.7 Å². The van der Waals surface area contributed by atoms with Gasteiger partial charge in [0.1, 0.15) is 0 Å². The molecule has 6 nitrogen and oxygen atoms in total. The summed E-state index contributed by atoms with van der Waals surface area (Å²) in [7, 11) is -6.91. The lowest BCUT2D eigenvalue weighted by atomic mass is 10.4. The van der Waals surface area contributed by atoms with E-state index in [0.29, 0.717) is 12.3 Å². The van der Waals surface area contributed by atoms with Crippen LogP contribution in [0.5, 0.6) is 0 Å². The van der Waals surface area contributed by atoms with E-state index in [2.05, 4.69) is 4.72 Å². The predicted molar refractivity (Wildman–Crippen MR) is 76.0 cm³/mol. The molecule has 0 aliphatic carbocycles. The molecule has 19 heavy (non-hydrogen) atoms. The molecule has 0 saturated heterocycles. The van der Waals surface area contributed by atoms with Crippen LogP contribution in [0.15, 0.2) is 34.1 Å². The Kier molecular flexibility index (Phi) is 5.81. The number of primary sulfonamides is 1. The normalized spacial score (nSPS) is 12.5. The van der Waals surface area contributed by atoms with E-state index in [1.807, 2.05) is 0 Å². The van der Waals surface area contributed by atoms with Gasteiger partial charge in [0, 0.05) is 17.2 Å². The van der Waals surface area contributed by atoms with E-state index in [1.165, 1.54) is 23.9 Å². The van der Waals surface area contributed by atoms with Crippen LogP contribution in [0, 0.1) is 0 Å². The standard InChI is InChI=1S/C10H16N2O4S3/c1-2-12-19(15,16)10-5-3-9(4-6-10)17-7-8-18(11,13)14/h3-6,12H,2,7-8H2,1H3,(H2,11,13,14). The molecule has 0 radical (unpaired) electrons. The summed E-state index contributed by atoms with van der Waals surface area (Å²) in [4.78, 5) is 0.976. The van der Waals surface area contributed by atoms with Crippen LogP contribution in [0.4, 0.5) is 0 Å². The number of hydrogen-bond acceptors (Lipinski definition) is 5. The molecule has 0 heterocycles. The number of sulfonamides is 2. The summed E-state index contributed by atoms with van der Waals surface area (Å²) in [6, 6.07) is 6.24. The summed E-state index contributed by atoms with van der Waals surface area (Å²) in [5.41, 5.74) is 0. The maximum atomic E-state index is 11.7. The lowest BCUT2D eigenvalue weighted by Gasteiger charge is -2.05. The Bertz CT molecular complexity index is 609. The van der Waals surface area contributed by atoms with Gasteiger partial charge >= 0.3 is 0 Å². The van der Waals surface area contributed by atoms with E-state index < -0.39 is 20.0 Å². The van der Waals surface area contributed by atoms with Crippen LogP contribution in [0.25, 0.3) is 0 Å². The highest BCUT2D eigenvalue weighted by atomic mass is 32.2. The first-order chi connectivity index (χ1) is 8.74. The molecule has 0 amide bonds. The molecule has 0 fully saturated rings. The molecule has 0 aliphatic heterocycles. The first-order valence-electron chi connectivity index (χ1n) is 5.47. The molecule has 1 aromatic carbocycles. The minimum absolute atomic E-state index is 0.116. The average molecular weight is 324 g/mol. The molecule has 1 aromatic rings. The van der Waals surface area contributed by atoms with Crippen molar-refractivity contribution in [2.45, 2.75) is 16.7 Å². The number of nitrogens with two attached hydrogens (primary N) is 1. The lowest BCUT2D eigenvalue weighted by molar-refractivity contribution is 0.583. The summed E-state index contributed by atoms with van der Waals surface area (Å²) >= 11 is 1.31. The van der Waals surface area contributed by atoms with Gasteiger partial charge in [0.2, 0.25) is 20.0 Å². The minimum Gasteiger partial charge on any atom is -0.229 e. The molecule has 108 valence electrons. The van der Waals surface area contributed by atoms with Crippen molar-refractivity contribution in [1.29, 1.82) is 0 Å². The quantitative estimate of drug-likeness (QED) is 0.705. The van der Waals surface area contributed by atoms with Crippen molar-refractivity contribution in [3.8, 4) is 0 Å². The molecule has 0 bridgehead atoms. The summed E-state index contributed by atoms with van der Waals surface area (Å²) in [5, 5.41) is 4.89. The van der Waals surface area contributed by atoms with E-state index in [4.69, 9.17) is 5.14 Å². The van der Waals surface area contributed by atoms with Crippen LogP contribution in [0.3, 0.4) is 0 Å². The number of hydrogen-bond donors (Lipinski definition) is 2. The van der Waals surface area contributed by atoms with E-state index in [9.17, 15) is 16.8 Å². The second-order valence-corrected chi connectivity index (χ2v) is 8.36. The van der Waals surface area contributed by atoms with E-state index >= 15 is 0 Å². The SMILES string of the molecule is CCNS(=O)(=O)c1ccc(SCCS(N)(=O)=O)cc1. The van der Waals surface area contributed by atoms with Crippen LogP contribution in [-0.4, -0.2) is 34.9 Å². The third-order valence-corrected chi connectivity index (χ3v) is 5.71. The molecule has 3 N–H and O–H groups in total. The number of thioether (sulfide) groups is 1. The fourth-order valence-electron chi connectivity index (χ4n) is 1.26. The van der Waals surface area contributed by atoms with Crippen molar-refractivity contribution in [3.05, 3.63) is 24.3 Å². The van der Waals surface area contributed by atoms with Gasteiger partial charge in [0.25, 0.3) is 0 Å². The number of nitrogens with one attached hydrogen (secondary N) is 1. The molecule has 0 unspecified atom stereocenters. The molecule has 0 atom stereocenters. The van der Waals surface area contributed by atoms with Crippen molar-refractivity contribution >= 4 is 31.8 Å². The van der Waals surface area contributed by atoms with Crippen LogP contribution in [0.1, 0.15) is 6.92 Å². The van der Waals surface area contributed by atoms with Crippen molar-refractivity contribution in [3.63, 3.8) is 0 Å². The largest absolute Gasteiger partial charge is 0.240 e. The Morgan fingerprint density at radius 2 is 1.74 bits per heavy atom. The Balaban J connectivity index is 2.67. The fourth-order valence-corrected chi connectivity index (χ4v) is 4.13. The molecular formula is C10H16N2O4S3. The Labute approximate surface area is 117 Å². The lowest BCUT2D eigenvalue weighted by Crippen LogP contribution is -2.22. The smallest absolute Gasteiger partial charge is 0.229 e. The molecule has 0 spiro atoms. The van der Waals surface area contributed by atoms with Gasteiger partial charge in [0.05, 0.1) is 10.6 Å². The summed E-state index contributed by atoms with van der Waals surface area (Å²) in [6.45, 7) is 2.03. The number of rotatable bonds is 7. The summed E-state index contributed by atoms with van der Waals surface area (Å²) in [6.07, 6.45) is 0. The van der Waals surface area contributed by atoms with E-state index in [1.54, 1.807) is 19.1 Å². The zero-order valence-electron chi connectivity index (χ0n) is 10.4. The Morgan fingerprint density at radius 1 is 1.16 bits per heavy atom. The third kappa shape index (κ3) is 5.91. The first-order valence-corrected chi connectivity index (χ1v) is 9.66. The van der Waals surface area contributed by atoms with E-state index in [-0.39, 0.29) is 10.6 Å². The second kappa shape index (κ2) is 6.71. The zero-order valence-corrected chi connectivity index (χ0v) is 12.8. The van der Waals surface area contributed by atoms with Crippen LogP contribution in [-0.2, 0) is 20.0 Å². The van der Waals surface area contributed by atoms with Gasteiger partial charge in [-0.15, -0.1) is 11.8 Å². The fraction of sp³-hybridized carbons (Fsp3) is 0.400. The molecule has 0 aromatic heterocycles. The van der Waals surface area contributed by atoms with Gasteiger partial charge in [-0.05, 0) is 24.3 Å². The van der Waals surface area contributed by atoms with Gasteiger partial charge in [-0.1, -0.05) is 6.92 Å². The maximum absolute atomic E-state index is 11.7. The predicted octanol–water partition coefficient (Wildman–Crippen LogP) is 0.365. The van der Waals surface area contributed by atoms with Crippen molar-refractivity contribution in [2.75, 3.05) is 18.1 Å². The molecule has 9 heteroatoms. The minimum atomic E-state index is -3.46. The molecule has 1 rings (SSSR count). The van der Waals surface area contributed by atoms with E-state index in [0.717, 1.165) is 4.90 Å². The van der Waals surface area contributed by atoms with Crippen molar-refractivity contribution in [2.24, 2.45) is 5.14 Å². The Morgan fingerprint density at radius 3 is 2.21 bits per heavy atom. The van der Waals surface area contributed by atoms with Crippen molar-refractivity contribution in [1.82, 2.24) is 4.72 Å². The van der Waals surface area contributed by atoms with Gasteiger partial charge < -0.3 is 0 Å². The Hall–Kier alpha value is -0.610. The average Bonchev–Trinajstić information content (AvgIpc) is 2.28. The van der Waals surface area contributed by atoms with Crippen LogP contribution >= 0.6 is 11.8 Å². The van der Waals surface area contributed by atoms with Crippen molar-refractivity contribution < 1.29 is 16.8 Å². The van der Waals surface area contributed by atoms with Gasteiger partial charge in [-0.3, -0.25) is 0 Å². The highest BCUT2D eigenvalue weighted by Gasteiger charge is 2.12. The monoisotopic (exact) mass is 324 g/mol. The summed E-state index contributed by atoms with van der Waals surface area (Å²) in [5.74, 6) is 0.216. The topological polar surface area (TPSA) is 106 Å². The molecule has 0 saturated carbocycles. The molecule has 0 aliphatic rings. The first kappa shape index (κ1) is 16.4. The summed E-state index contributed by atoms with van der Waals surface area (Å²) < 4.78 is 47.3. The zero-order chi connectivity index (χ0) is 14.5. The highest BCUT2D eigenvalue weighted by Crippen LogP contribution is 2.20. The van der Waals surface area contributed by atoms with Gasteiger partial charge in [0.15, 0.2) is 0 Å². The highest BCUT2D eigenvalue weighted by molar-refractivity contribution is 8.00. The maximum Gasteiger partial charge on any atom is 0.240 e. The number of benzene rings is 1. The molecular weight excluding hydrogens is 308 g/mol. The third-order valence-electron chi connectivity index (χ3n) is 2.10. The second-order valence-electron chi connectivity index (χ2n) is 3.69. The van der Waals surface area contributed by atoms with Crippen LogP contribution in [0.2, 0.25) is 0 Å².